The highest BCUT2D eigenvalue weighted by Gasteiger charge is 2.05. The van der Waals surface area contributed by atoms with Crippen LogP contribution in [0.4, 0.5) is 0 Å². The summed E-state index contributed by atoms with van der Waals surface area (Å²) < 4.78 is 3.18. The number of hydrogen-bond acceptors (Lipinski definition) is 1. The fourth-order valence-corrected chi connectivity index (χ4v) is 2.33. The average molecular weight is 287 g/mol. The molecule has 2 nitrogen and oxygen atoms in total. The lowest BCUT2D eigenvalue weighted by Gasteiger charge is -1.96. The van der Waals surface area contributed by atoms with Crippen molar-refractivity contribution in [3.8, 4) is 11.3 Å². The van der Waals surface area contributed by atoms with Crippen LogP contribution in [-0.4, -0.2) is 9.38 Å². The minimum absolute atomic E-state index is 0.986. The highest BCUT2D eigenvalue weighted by atomic mass is 79.9. The number of benzene rings is 1. The Kier molecular flexibility index (Phi) is 2.48. The summed E-state index contributed by atoms with van der Waals surface area (Å²) in [7, 11) is 0. The second-order valence-corrected chi connectivity index (χ2v) is 4.95. The highest BCUT2D eigenvalue weighted by molar-refractivity contribution is 9.10. The van der Waals surface area contributed by atoms with E-state index in [2.05, 4.69) is 56.6 Å². The first kappa shape index (κ1) is 10.5. The second-order valence-electron chi connectivity index (χ2n) is 4.03. The summed E-state index contributed by atoms with van der Waals surface area (Å²) in [4.78, 5) is 4.63. The van der Waals surface area contributed by atoms with Crippen molar-refractivity contribution in [3.63, 3.8) is 0 Å². The van der Waals surface area contributed by atoms with Crippen LogP contribution in [0.3, 0.4) is 0 Å². The van der Waals surface area contributed by atoms with Crippen molar-refractivity contribution in [2.45, 2.75) is 6.92 Å². The maximum Gasteiger partial charge on any atom is 0.137 e. The molecule has 0 unspecified atom stereocenters. The van der Waals surface area contributed by atoms with E-state index >= 15 is 0 Å². The molecule has 0 aliphatic rings. The summed E-state index contributed by atoms with van der Waals surface area (Å²) in [5, 5.41) is 0. The largest absolute Gasteiger partial charge is 0.304 e. The Morgan fingerprint density at radius 3 is 2.71 bits per heavy atom. The molecule has 0 saturated heterocycles. The second kappa shape index (κ2) is 4.00. The molecular weight excluding hydrogens is 276 g/mol. The van der Waals surface area contributed by atoms with Crippen molar-refractivity contribution in [2.75, 3.05) is 0 Å². The van der Waals surface area contributed by atoms with Gasteiger partial charge in [-0.3, -0.25) is 0 Å². The van der Waals surface area contributed by atoms with E-state index in [-0.39, 0.29) is 0 Å². The maximum absolute atomic E-state index is 4.63. The van der Waals surface area contributed by atoms with E-state index in [1.807, 2.05) is 24.3 Å². The van der Waals surface area contributed by atoms with E-state index < -0.39 is 0 Å². The summed E-state index contributed by atoms with van der Waals surface area (Å²) in [5.74, 6) is 0. The number of aryl methyl sites for hydroxylation is 1. The Morgan fingerprint density at radius 2 is 1.94 bits per heavy atom. The van der Waals surface area contributed by atoms with Crippen LogP contribution in [0.5, 0.6) is 0 Å². The fourth-order valence-electron chi connectivity index (χ4n) is 1.94. The Morgan fingerprint density at radius 1 is 1.12 bits per heavy atom. The summed E-state index contributed by atoms with van der Waals surface area (Å²) in [6.45, 7) is 2.08. The van der Waals surface area contributed by atoms with Crippen LogP contribution in [0, 0.1) is 6.92 Å². The molecule has 2 aromatic heterocycles. The van der Waals surface area contributed by atoms with Gasteiger partial charge in [0.2, 0.25) is 0 Å². The van der Waals surface area contributed by atoms with E-state index in [1.54, 1.807) is 0 Å². The third kappa shape index (κ3) is 1.87. The standard InChI is InChI=1S/C14H11BrN2/c1-10-4-2-7-14-16-13(9-17(10)14)11-5-3-6-12(15)8-11/h2-9H,1H3. The molecule has 0 N–H and O–H groups in total. The zero-order valence-corrected chi connectivity index (χ0v) is 11.0. The first-order valence-corrected chi connectivity index (χ1v) is 6.24. The predicted molar refractivity (Wildman–Crippen MR) is 73.1 cm³/mol. The molecular formula is C14H11BrN2. The van der Waals surface area contributed by atoms with Crippen LogP contribution in [0.25, 0.3) is 16.9 Å². The monoisotopic (exact) mass is 286 g/mol. The van der Waals surface area contributed by atoms with Crippen molar-refractivity contribution in [1.29, 1.82) is 0 Å². The fraction of sp³-hybridized carbons (Fsp3) is 0.0714. The Balaban J connectivity index is 2.22. The maximum atomic E-state index is 4.63. The Labute approximate surface area is 108 Å². The number of pyridine rings is 1. The molecule has 3 heteroatoms. The quantitative estimate of drug-likeness (QED) is 0.659. The van der Waals surface area contributed by atoms with Gasteiger partial charge in [-0.2, -0.15) is 0 Å². The molecule has 3 rings (SSSR count). The zero-order chi connectivity index (χ0) is 11.8. The molecule has 0 atom stereocenters. The lowest BCUT2D eigenvalue weighted by Crippen LogP contribution is -1.86. The molecule has 0 amide bonds. The summed E-state index contributed by atoms with van der Waals surface area (Å²) in [5.41, 5.74) is 4.30. The molecule has 17 heavy (non-hydrogen) atoms. The third-order valence-electron chi connectivity index (χ3n) is 2.82. The summed E-state index contributed by atoms with van der Waals surface area (Å²) >= 11 is 3.48. The van der Waals surface area contributed by atoms with Gasteiger partial charge in [-0.05, 0) is 31.2 Å². The molecule has 0 fully saturated rings. The van der Waals surface area contributed by atoms with Gasteiger partial charge in [0.1, 0.15) is 5.65 Å². The molecule has 0 aliphatic heterocycles. The molecule has 0 aliphatic carbocycles. The third-order valence-corrected chi connectivity index (χ3v) is 3.31. The van der Waals surface area contributed by atoms with Crippen molar-refractivity contribution >= 4 is 21.6 Å². The Bertz CT molecular complexity index is 686. The average Bonchev–Trinajstić information content (AvgIpc) is 2.74. The van der Waals surface area contributed by atoms with Crippen molar-refractivity contribution in [2.24, 2.45) is 0 Å². The number of aromatic nitrogens is 2. The van der Waals surface area contributed by atoms with Crippen LogP contribution in [0.15, 0.2) is 53.1 Å². The smallest absolute Gasteiger partial charge is 0.137 e. The van der Waals surface area contributed by atoms with Crippen LogP contribution < -0.4 is 0 Å². The van der Waals surface area contributed by atoms with Crippen molar-refractivity contribution < 1.29 is 0 Å². The Hall–Kier alpha value is -1.61. The van der Waals surface area contributed by atoms with E-state index in [0.29, 0.717) is 0 Å². The number of imidazole rings is 1. The lowest BCUT2D eigenvalue weighted by atomic mass is 10.2. The molecule has 0 saturated carbocycles. The molecule has 2 heterocycles. The molecule has 0 spiro atoms. The molecule has 84 valence electrons. The van der Waals surface area contributed by atoms with Crippen molar-refractivity contribution in [3.05, 3.63) is 58.8 Å². The van der Waals surface area contributed by atoms with Gasteiger partial charge in [0.25, 0.3) is 0 Å². The number of rotatable bonds is 1. The highest BCUT2D eigenvalue weighted by Crippen LogP contribution is 2.23. The molecule has 0 bridgehead atoms. The van der Waals surface area contributed by atoms with Gasteiger partial charge >= 0.3 is 0 Å². The normalized spacial score (nSPS) is 10.9. The van der Waals surface area contributed by atoms with Gasteiger partial charge in [-0.25, -0.2) is 4.98 Å². The summed E-state index contributed by atoms with van der Waals surface area (Å²) in [6, 6.07) is 14.3. The number of nitrogens with zero attached hydrogens (tertiary/aromatic N) is 2. The van der Waals surface area contributed by atoms with Crippen molar-refractivity contribution in [1.82, 2.24) is 9.38 Å². The van der Waals surface area contributed by atoms with Crippen LogP contribution in [0.2, 0.25) is 0 Å². The summed E-state index contributed by atoms with van der Waals surface area (Å²) in [6.07, 6.45) is 2.08. The van der Waals surface area contributed by atoms with E-state index in [9.17, 15) is 0 Å². The first-order valence-electron chi connectivity index (χ1n) is 5.45. The first-order chi connectivity index (χ1) is 8.24. The topological polar surface area (TPSA) is 17.3 Å². The SMILES string of the molecule is Cc1cccc2nc(-c3cccc(Br)c3)cn12. The predicted octanol–water partition coefficient (Wildman–Crippen LogP) is 4.07. The van der Waals surface area contributed by atoms with E-state index in [4.69, 9.17) is 0 Å². The minimum Gasteiger partial charge on any atom is -0.304 e. The van der Waals surface area contributed by atoms with Crippen LogP contribution >= 0.6 is 15.9 Å². The molecule has 3 aromatic rings. The minimum atomic E-state index is 0.986. The number of halogens is 1. The van der Waals surface area contributed by atoms with Gasteiger partial charge in [0.05, 0.1) is 5.69 Å². The molecule has 0 radical (unpaired) electrons. The van der Waals surface area contributed by atoms with Gasteiger partial charge in [-0.15, -0.1) is 0 Å². The lowest BCUT2D eigenvalue weighted by molar-refractivity contribution is 1.09. The van der Waals surface area contributed by atoms with Gasteiger partial charge in [0, 0.05) is 21.9 Å². The molecule has 1 aromatic carbocycles. The van der Waals surface area contributed by atoms with Gasteiger partial charge < -0.3 is 4.40 Å². The van der Waals surface area contributed by atoms with E-state index in [1.165, 1.54) is 5.69 Å². The van der Waals surface area contributed by atoms with Gasteiger partial charge in [0.15, 0.2) is 0 Å². The van der Waals surface area contributed by atoms with Gasteiger partial charge in [-0.1, -0.05) is 34.1 Å². The zero-order valence-electron chi connectivity index (χ0n) is 9.39. The number of hydrogen-bond donors (Lipinski definition) is 0. The van der Waals surface area contributed by atoms with Crippen LogP contribution in [0.1, 0.15) is 5.69 Å². The van der Waals surface area contributed by atoms with Crippen LogP contribution in [-0.2, 0) is 0 Å². The number of fused-ring (bicyclic) bond motifs is 1. The van der Waals surface area contributed by atoms with E-state index in [0.717, 1.165) is 21.4 Å².